The Bertz CT molecular complexity index is 813. The number of carbonyl (C=O) groups is 2. The Morgan fingerprint density at radius 1 is 1.26 bits per heavy atom. The minimum absolute atomic E-state index is 0.00674. The number of amides is 1. The van der Waals surface area contributed by atoms with Crippen LogP contribution in [0.5, 0.6) is 0 Å². The molecule has 0 unspecified atom stereocenters. The first-order valence-corrected chi connectivity index (χ1v) is 10.5. The molecule has 1 aliphatic heterocycles. The number of carbonyl (C=O) groups excluding carboxylic acids is 2. The molecule has 148 valence electrons. The van der Waals surface area contributed by atoms with Crippen molar-refractivity contribution >= 4 is 33.3 Å². The molecule has 0 aromatic heterocycles. The first kappa shape index (κ1) is 21.2. The SMILES string of the molecule is CCOC(=O)N1CCC(NC=C(C(C)=O)S(=O)(=O)c2ccc(Cl)cc2)CC1. The highest BCUT2D eigenvalue weighted by atomic mass is 35.5. The van der Waals surface area contributed by atoms with Crippen molar-refractivity contribution in [1.82, 2.24) is 10.2 Å². The number of hydrogen-bond acceptors (Lipinski definition) is 6. The number of nitrogens with one attached hydrogen (secondary N) is 1. The van der Waals surface area contributed by atoms with E-state index in [0.29, 0.717) is 37.6 Å². The number of ether oxygens (including phenoxy) is 1. The number of halogens is 1. The van der Waals surface area contributed by atoms with E-state index in [1.54, 1.807) is 11.8 Å². The smallest absolute Gasteiger partial charge is 0.409 e. The summed E-state index contributed by atoms with van der Waals surface area (Å²) in [6, 6.07) is 5.62. The zero-order valence-corrected chi connectivity index (χ0v) is 16.8. The number of ketones is 1. The van der Waals surface area contributed by atoms with Crippen LogP contribution in [0.3, 0.4) is 0 Å². The van der Waals surface area contributed by atoms with Gasteiger partial charge in [-0.05, 0) is 51.0 Å². The van der Waals surface area contributed by atoms with Crippen LogP contribution >= 0.6 is 11.6 Å². The van der Waals surface area contributed by atoms with Gasteiger partial charge in [-0.1, -0.05) is 11.6 Å². The Kier molecular flexibility index (Phi) is 7.26. The molecule has 1 aliphatic rings. The summed E-state index contributed by atoms with van der Waals surface area (Å²) < 4.78 is 30.4. The van der Waals surface area contributed by atoms with Crippen LogP contribution in [0.15, 0.2) is 40.3 Å². The van der Waals surface area contributed by atoms with Crippen molar-refractivity contribution in [1.29, 1.82) is 0 Å². The molecule has 0 bridgehead atoms. The van der Waals surface area contributed by atoms with Gasteiger partial charge in [0.25, 0.3) is 0 Å². The molecule has 27 heavy (non-hydrogen) atoms. The third kappa shape index (κ3) is 5.46. The summed E-state index contributed by atoms with van der Waals surface area (Å²) in [4.78, 5) is 25.0. The highest BCUT2D eigenvalue weighted by molar-refractivity contribution is 7.96. The molecule has 0 atom stereocenters. The highest BCUT2D eigenvalue weighted by Crippen LogP contribution is 2.22. The maximum absolute atomic E-state index is 12.7. The summed E-state index contributed by atoms with van der Waals surface area (Å²) in [6.07, 6.45) is 2.17. The summed E-state index contributed by atoms with van der Waals surface area (Å²) >= 11 is 5.79. The third-order valence-electron chi connectivity index (χ3n) is 4.23. The lowest BCUT2D eigenvalue weighted by Crippen LogP contribution is -2.44. The van der Waals surface area contributed by atoms with Gasteiger partial charge in [-0.2, -0.15) is 0 Å². The first-order chi connectivity index (χ1) is 12.8. The molecule has 1 saturated heterocycles. The molecular formula is C18H23ClN2O5S. The van der Waals surface area contributed by atoms with Gasteiger partial charge in [0.15, 0.2) is 5.78 Å². The lowest BCUT2D eigenvalue weighted by Gasteiger charge is -2.31. The number of Topliss-reactive ketones (excluding diaryl/α,β-unsaturated/α-hetero) is 1. The maximum atomic E-state index is 12.7. The molecule has 1 aromatic carbocycles. The topological polar surface area (TPSA) is 92.8 Å². The molecule has 1 heterocycles. The quantitative estimate of drug-likeness (QED) is 0.719. The predicted molar refractivity (Wildman–Crippen MR) is 102 cm³/mol. The van der Waals surface area contributed by atoms with E-state index in [0.717, 1.165) is 0 Å². The molecule has 2 rings (SSSR count). The first-order valence-electron chi connectivity index (χ1n) is 8.65. The van der Waals surface area contributed by atoms with Crippen molar-refractivity contribution in [3.8, 4) is 0 Å². The summed E-state index contributed by atoms with van der Waals surface area (Å²) in [7, 11) is -3.94. The monoisotopic (exact) mass is 414 g/mol. The Morgan fingerprint density at radius 3 is 2.37 bits per heavy atom. The molecule has 0 saturated carbocycles. The third-order valence-corrected chi connectivity index (χ3v) is 6.36. The van der Waals surface area contributed by atoms with Gasteiger partial charge in [-0.15, -0.1) is 0 Å². The van der Waals surface area contributed by atoms with Crippen LogP contribution in [0.1, 0.15) is 26.7 Å². The Balaban J connectivity index is 2.07. The van der Waals surface area contributed by atoms with Crippen LogP contribution < -0.4 is 5.32 Å². The zero-order valence-electron chi connectivity index (χ0n) is 15.3. The molecule has 1 fully saturated rings. The van der Waals surface area contributed by atoms with Crippen molar-refractivity contribution in [2.45, 2.75) is 37.6 Å². The second-order valence-electron chi connectivity index (χ2n) is 6.15. The minimum Gasteiger partial charge on any atom is -0.450 e. The van der Waals surface area contributed by atoms with Crippen LogP contribution in [0.25, 0.3) is 0 Å². The van der Waals surface area contributed by atoms with E-state index >= 15 is 0 Å². The van der Waals surface area contributed by atoms with Crippen molar-refractivity contribution in [3.05, 3.63) is 40.4 Å². The Labute approximate surface area is 164 Å². The van der Waals surface area contributed by atoms with Crippen LogP contribution in [0.4, 0.5) is 4.79 Å². The van der Waals surface area contributed by atoms with Crippen molar-refractivity contribution < 1.29 is 22.7 Å². The largest absolute Gasteiger partial charge is 0.450 e. The van der Waals surface area contributed by atoms with Crippen molar-refractivity contribution in [3.63, 3.8) is 0 Å². The summed E-state index contributed by atoms with van der Waals surface area (Å²) in [5.74, 6) is -0.554. The fraction of sp³-hybridized carbons (Fsp3) is 0.444. The van der Waals surface area contributed by atoms with Gasteiger partial charge in [-0.25, -0.2) is 13.2 Å². The number of allylic oxidation sites excluding steroid dienone is 1. The van der Waals surface area contributed by atoms with E-state index in [1.807, 2.05) is 0 Å². The van der Waals surface area contributed by atoms with Gasteiger partial charge in [0.1, 0.15) is 4.91 Å². The molecule has 7 nitrogen and oxygen atoms in total. The number of benzene rings is 1. The number of piperidine rings is 1. The predicted octanol–water partition coefficient (Wildman–Crippen LogP) is 2.75. The second kappa shape index (κ2) is 9.23. The number of rotatable bonds is 6. The average Bonchev–Trinajstić information content (AvgIpc) is 2.62. The van der Waals surface area contributed by atoms with Crippen LogP contribution in [-0.4, -0.2) is 50.9 Å². The molecule has 1 N–H and O–H groups in total. The van der Waals surface area contributed by atoms with Crippen LogP contribution in [0.2, 0.25) is 5.02 Å². The molecular weight excluding hydrogens is 392 g/mol. The van der Waals surface area contributed by atoms with Gasteiger partial charge in [0.05, 0.1) is 11.5 Å². The van der Waals surface area contributed by atoms with Crippen LogP contribution in [-0.2, 0) is 19.4 Å². The Morgan fingerprint density at radius 2 is 1.85 bits per heavy atom. The number of sulfone groups is 1. The standard InChI is InChI=1S/C18H23ClN2O5S/c1-3-26-18(23)21-10-8-15(9-11-21)20-12-17(13(2)22)27(24,25)16-6-4-14(19)5-7-16/h4-7,12,15,20H,3,8-11H2,1-2H3. The number of likely N-dealkylation sites (tertiary alicyclic amines) is 1. The van der Waals surface area contributed by atoms with Gasteiger partial charge in [0.2, 0.25) is 9.84 Å². The molecule has 9 heteroatoms. The summed E-state index contributed by atoms with van der Waals surface area (Å²) in [5, 5.41) is 3.43. The Hall–Kier alpha value is -2.06. The summed E-state index contributed by atoms with van der Waals surface area (Å²) in [6.45, 7) is 4.30. The minimum atomic E-state index is -3.94. The molecule has 0 radical (unpaired) electrons. The van der Waals surface area contributed by atoms with E-state index in [1.165, 1.54) is 37.4 Å². The summed E-state index contributed by atoms with van der Waals surface area (Å²) in [5.41, 5.74) is 0. The normalized spacial score (nSPS) is 16.1. The van der Waals surface area contributed by atoms with Gasteiger partial charge < -0.3 is 15.0 Å². The van der Waals surface area contributed by atoms with Crippen molar-refractivity contribution in [2.75, 3.05) is 19.7 Å². The van der Waals surface area contributed by atoms with Gasteiger partial charge in [0, 0.05) is 30.4 Å². The number of hydrogen-bond donors (Lipinski definition) is 1. The van der Waals surface area contributed by atoms with Crippen LogP contribution in [0, 0.1) is 0 Å². The molecule has 1 amide bonds. The lowest BCUT2D eigenvalue weighted by atomic mass is 10.1. The fourth-order valence-electron chi connectivity index (χ4n) is 2.75. The molecule has 0 aliphatic carbocycles. The average molecular weight is 415 g/mol. The van der Waals surface area contributed by atoms with Crippen molar-refractivity contribution in [2.24, 2.45) is 0 Å². The van der Waals surface area contributed by atoms with Gasteiger partial charge in [-0.3, -0.25) is 4.79 Å². The number of nitrogens with zero attached hydrogens (tertiary/aromatic N) is 1. The second-order valence-corrected chi connectivity index (χ2v) is 8.50. The fourth-order valence-corrected chi connectivity index (χ4v) is 4.22. The van der Waals surface area contributed by atoms with E-state index in [4.69, 9.17) is 16.3 Å². The zero-order chi connectivity index (χ0) is 20.0. The van der Waals surface area contributed by atoms with E-state index in [9.17, 15) is 18.0 Å². The molecule has 0 spiro atoms. The van der Waals surface area contributed by atoms with E-state index in [-0.39, 0.29) is 21.9 Å². The van der Waals surface area contributed by atoms with Gasteiger partial charge >= 0.3 is 6.09 Å². The van der Waals surface area contributed by atoms with E-state index < -0.39 is 15.6 Å². The molecule has 1 aromatic rings. The lowest BCUT2D eigenvalue weighted by molar-refractivity contribution is -0.113. The van der Waals surface area contributed by atoms with E-state index in [2.05, 4.69) is 5.32 Å². The maximum Gasteiger partial charge on any atom is 0.409 e. The highest BCUT2D eigenvalue weighted by Gasteiger charge is 2.26.